The molecule has 0 amide bonds. The second kappa shape index (κ2) is 9.51. The molecule has 132 valence electrons. The number of carbonyl (C=O) groups is 1. The van der Waals surface area contributed by atoms with Gasteiger partial charge in [-0.25, -0.2) is 4.79 Å². The van der Waals surface area contributed by atoms with Crippen LogP contribution in [0.3, 0.4) is 0 Å². The predicted octanol–water partition coefficient (Wildman–Crippen LogP) is 0.886. The van der Waals surface area contributed by atoms with E-state index in [1.807, 2.05) is 0 Å². The SMILES string of the molecule is [NH3+]OC(=O)C1CSC(c2ccc(OCCCCCCO)cc2O)=N1. The van der Waals surface area contributed by atoms with Crippen molar-refractivity contribution in [2.24, 2.45) is 4.99 Å². The fraction of sp³-hybridized carbons (Fsp3) is 0.500. The summed E-state index contributed by atoms with van der Waals surface area (Å²) in [5.74, 6) is 3.78. The van der Waals surface area contributed by atoms with Crippen LogP contribution >= 0.6 is 11.8 Å². The number of rotatable bonds is 9. The molecule has 24 heavy (non-hydrogen) atoms. The average molecular weight is 355 g/mol. The minimum Gasteiger partial charge on any atom is -0.507 e. The van der Waals surface area contributed by atoms with Gasteiger partial charge in [0.05, 0.1) is 6.61 Å². The lowest BCUT2D eigenvalue weighted by Gasteiger charge is -2.09. The molecule has 7 nitrogen and oxygen atoms in total. The number of aliphatic hydroxyl groups excluding tert-OH is 1. The molecule has 1 aromatic carbocycles. The Morgan fingerprint density at radius 3 is 2.83 bits per heavy atom. The van der Waals surface area contributed by atoms with Crippen molar-refractivity contribution in [1.29, 1.82) is 0 Å². The number of carbonyl (C=O) groups excluding carboxylic acids is 1. The number of hydrogen-bond donors (Lipinski definition) is 3. The van der Waals surface area contributed by atoms with Crippen molar-refractivity contribution in [3.63, 3.8) is 0 Å². The molecule has 5 N–H and O–H groups in total. The zero-order valence-corrected chi connectivity index (χ0v) is 14.3. The normalized spacial score (nSPS) is 16.8. The molecule has 1 aliphatic rings. The second-order valence-electron chi connectivity index (χ2n) is 5.39. The molecule has 0 spiro atoms. The maximum absolute atomic E-state index is 11.4. The highest BCUT2D eigenvalue weighted by molar-refractivity contribution is 8.14. The van der Waals surface area contributed by atoms with Crippen LogP contribution in [0.1, 0.15) is 31.2 Å². The lowest BCUT2D eigenvalue weighted by Crippen LogP contribution is -2.53. The zero-order chi connectivity index (χ0) is 17.4. The molecule has 0 radical (unpaired) electrons. The molecule has 1 atom stereocenters. The molecular formula is C16H23N2O5S+. The third-order valence-corrected chi connectivity index (χ3v) is 4.67. The smallest absolute Gasteiger partial charge is 0.391 e. The summed E-state index contributed by atoms with van der Waals surface area (Å²) < 4.78 is 5.61. The number of benzene rings is 1. The van der Waals surface area contributed by atoms with E-state index in [0.29, 0.717) is 28.7 Å². The van der Waals surface area contributed by atoms with Gasteiger partial charge < -0.3 is 14.9 Å². The van der Waals surface area contributed by atoms with Gasteiger partial charge in [-0.3, -0.25) is 9.83 Å². The maximum Gasteiger partial charge on any atom is 0.391 e. The molecule has 2 rings (SSSR count). The standard InChI is InChI=1S/C16H22N2O5S/c17-23-16(21)13-10-24-15(18-13)12-6-5-11(9-14(12)20)22-8-4-2-1-3-7-19/h5-6,9,13,19H,1-4,7-8,10H2,17H3/p+1. The number of aromatic hydroxyl groups is 1. The van der Waals surface area contributed by atoms with Crippen molar-refractivity contribution in [2.45, 2.75) is 31.7 Å². The lowest BCUT2D eigenvalue weighted by atomic mass is 10.2. The number of hydrogen-bond acceptors (Lipinski definition) is 7. The highest BCUT2D eigenvalue weighted by Crippen LogP contribution is 2.31. The first-order valence-corrected chi connectivity index (χ1v) is 8.87. The number of nitrogens with zero attached hydrogens (tertiary/aromatic N) is 1. The first kappa shape index (κ1) is 18.6. The van der Waals surface area contributed by atoms with Gasteiger partial charge in [0.1, 0.15) is 16.5 Å². The minimum absolute atomic E-state index is 0.0719. The summed E-state index contributed by atoms with van der Waals surface area (Å²) in [6.45, 7) is 0.794. The summed E-state index contributed by atoms with van der Waals surface area (Å²) in [5, 5.41) is 19.5. The van der Waals surface area contributed by atoms with Crippen LogP contribution in [0.2, 0.25) is 0 Å². The van der Waals surface area contributed by atoms with Gasteiger partial charge in [0.2, 0.25) is 0 Å². The van der Waals surface area contributed by atoms with Gasteiger partial charge in [0, 0.05) is 24.0 Å². The van der Waals surface area contributed by atoms with Gasteiger partial charge in [0.25, 0.3) is 0 Å². The Labute approximate surface area is 144 Å². The van der Waals surface area contributed by atoms with E-state index < -0.39 is 12.0 Å². The number of thioether (sulfide) groups is 1. The number of phenolic OH excluding ortho intramolecular Hbond substituents is 1. The van der Waals surface area contributed by atoms with E-state index >= 15 is 0 Å². The third kappa shape index (κ3) is 5.12. The molecule has 1 heterocycles. The van der Waals surface area contributed by atoms with Crippen LogP contribution in [-0.2, 0) is 9.63 Å². The van der Waals surface area contributed by atoms with E-state index in [4.69, 9.17) is 9.84 Å². The summed E-state index contributed by atoms with van der Waals surface area (Å²) in [4.78, 5) is 20.1. The topological polar surface area (TPSA) is 116 Å². The first-order valence-electron chi connectivity index (χ1n) is 7.89. The summed E-state index contributed by atoms with van der Waals surface area (Å²) in [7, 11) is 0. The van der Waals surface area contributed by atoms with E-state index in [-0.39, 0.29) is 12.4 Å². The fourth-order valence-electron chi connectivity index (χ4n) is 2.28. The molecule has 0 saturated carbocycles. The van der Waals surface area contributed by atoms with Gasteiger partial charge in [-0.15, -0.1) is 11.8 Å². The quantitative estimate of drug-likeness (QED) is 0.447. The number of aliphatic hydroxyl groups is 1. The second-order valence-corrected chi connectivity index (χ2v) is 6.40. The molecule has 1 aromatic rings. The highest BCUT2D eigenvalue weighted by atomic mass is 32.2. The Hall–Kier alpha value is -1.77. The highest BCUT2D eigenvalue weighted by Gasteiger charge is 2.29. The first-order chi connectivity index (χ1) is 11.7. The van der Waals surface area contributed by atoms with Crippen LogP contribution in [0.25, 0.3) is 0 Å². The van der Waals surface area contributed by atoms with Crippen LogP contribution in [0.5, 0.6) is 11.5 Å². The van der Waals surface area contributed by atoms with Crippen molar-refractivity contribution >= 4 is 22.8 Å². The van der Waals surface area contributed by atoms with Crippen molar-refractivity contribution in [2.75, 3.05) is 19.0 Å². The number of unbranched alkanes of at least 4 members (excludes halogenated alkanes) is 3. The number of ether oxygens (including phenoxy) is 1. The Morgan fingerprint density at radius 2 is 2.12 bits per heavy atom. The molecule has 1 unspecified atom stereocenters. The van der Waals surface area contributed by atoms with Gasteiger partial charge in [-0.05, 0) is 31.4 Å². The minimum atomic E-state index is -0.572. The van der Waals surface area contributed by atoms with Gasteiger partial charge >= 0.3 is 5.97 Å². The van der Waals surface area contributed by atoms with Crippen LogP contribution in [0, 0.1) is 0 Å². The van der Waals surface area contributed by atoms with Gasteiger partial charge in [-0.1, -0.05) is 6.42 Å². The van der Waals surface area contributed by atoms with Gasteiger partial charge in [0.15, 0.2) is 6.04 Å². The van der Waals surface area contributed by atoms with Crippen molar-refractivity contribution in [3.8, 4) is 11.5 Å². The van der Waals surface area contributed by atoms with Crippen molar-refractivity contribution in [1.82, 2.24) is 0 Å². The molecular weight excluding hydrogens is 332 g/mol. The van der Waals surface area contributed by atoms with E-state index in [0.717, 1.165) is 25.7 Å². The fourth-order valence-corrected chi connectivity index (χ4v) is 3.33. The summed E-state index contributed by atoms with van der Waals surface area (Å²) in [5.41, 5.74) is 0.578. The third-order valence-electron chi connectivity index (χ3n) is 3.59. The Balaban J connectivity index is 1.89. The van der Waals surface area contributed by atoms with Crippen LogP contribution < -0.4 is 10.6 Å². The lowest BCUT2D eigenvalue weighted by molar-refractivity contribution is -0.657. The van der Waals surface area contributed by atoms with E-state index in [1.165, 1.54) is 11.8 Å². The Bertz CT molecular complexity index is 594. The van der Waals surface area contributed by atoms with Crippen LogP contribution in [0.15, 0.2) is 23.2 Å². The van der Waals surface area contributed by atoms with Crippen LogP contribution in [-0.4, -0.2) is 46.2 Å². The van der Waals surface area contributed by atoms with Crippen LogP contribution in [0.4, 0.5) is 0 Å². The van der Waals surface area contributed by atoms with E-state index in [9.17, 15) is 9.90 Å². The maximum atomic E-state index is 11.4. The molecule has 0 fully saturated rings. The van der Waals surface area contributed by atoms with E-state index in [2.05, 4.69) is 15.7 Å². The zero-order valence-electron chi connectivity index (χ0n) is 13.4. The Morgan fingerprint density at radius 1 is 1.33 bits per heavy atom. The summed E-state index contributed by atoms with van der Waals surface area (Å²) in [6, 6.07) is 4.50. The average Bonchev–Trinajstić information content (AvgIpc) is 3.07. The van der Waals surface area contributed by atoms with Gasteiger partial charge in [-0.2, -0.15) is 5.90 Å². The molecule has 1 aliphatic heterocycles. The largest absolute Gasteiger partial charge is 0.507 e. The molecule has 0 bridgehead atoms. The Kier molecular flexibility index (Phi) is 7.36. The number of aliphatic imine (C=N–C) groups is 1. The molecule has 8 heteroatoms. The predicted molar refractivity (Wildman–Crippen MR) is 90.9 cm³/mol. The van der Waals surface area contributed by atoms with Crippen molar-refractivity contribution < 1.29 is 30.5 Å². The van der Waals surface area contributed by atoms with Crippen molar-refractivity contribution in [3.05, 3.63) is 23.8 Å². The summed E-state index contributed by atoms with van der Waals surface area (Å²) >= 11 is 1.40. The summed E-state index contributed by atoms with van der Waals surface area (Å²) in [6.07, 6.45) is 3.71. The monoisotopic (exact) mass is 355 g/mol. The molecule has 0 saturated heterocycles. The molecule has 0 aliphatic carbocycles. The van der Waals surface area contributed by atoms with E-state index in [1.54, 1.807) is 18.2 Å². The number of phenols is 1. The molecule has 0 aromatic heterocycles. The number of quaternary nitrogens is 1.